The fourth-order valence-corrected chi connectivity index (χ4v) is 9.76. The van der Waals surface area contributed by atoms with Crippen LogP contribution in [0.25, 0.3) is 10.9 Å². The molecule has 57 heavy (non-hydrogen) atoms. The van der Waals surface area contributed by atoms with E-state index in [1.807, 2.05) is 39.0 Å². The lowest BCUT2D eigenvalue weighted by molar-refractivity contribution is -0.141. The number of hydrogen-bond donors (Lipinski definition) is 4. The third-order valence-corrected chi connectivity index (χ3v) is 14.7. The molecule has 0 radical (unpaired) electrons. The molecular weight excluding hydrogens is 771 g/mol. The predicted molar refractivity (Wildman–Crippen MR) is 215 cm³/mol. The van der Waals surface area contributed by atoms with Gasteiger partial charge in [0.2, 0.25) is 27.7 Å². The summed E-state index contributed by atoms with van der Waals surface area (Å²) >= 11 is 1.32. The molecule has 0 unspecified atom stereocenters. The summed E-state index contributed by atoms with van der Waals surface area (Å²) in [6.07, 6.45) is 7.19. The Balaban J connectivity index is 1.23. The summed E-state index contributed by atoms with van der Waals surface area (Å²) in [4.78, 5) is 64.1. The number of thiophene rings is 1. The highest BCUT2D eigenvalue weighted by Gasteiger charge is 2.63. The molecule has 2 aromatic heterocycles. The molecule has 3 aromatic rings. The number of phenols is 1. The topological polar surface area (TPSA) is 193 Å². The minimum atomic E-state index is -4.00. The standard InChI is InChI=1S/C41H51N5O9S2/c1-23(2)54-34-20-32(28-14-15-31(47)25(4)35(28)43-34)55-27-19-30-36(48)44-41(39(51)45-57(52,53)40(5)17-18-40)21-26(41)11-9-7-6-8-10-12-29(38(50)46(30)22-27)42-37(49)33-16-13-24(3)56-33/h9,11,13-16,20,23,26-27,29-30,47H,6-8,10,12,17-19,21-22H2,1-5H3,(H,42,49)(H,44,48)(H,45,51)/t26-,27-,29+,30+,41-/m1/s1. The molecule has 1 aromatic carbocycles. The number of hydrogen-bond acceptors (Lipinski definition) is 11. The van der Waals surface area contributed by atoms with E-state index in [1.54, 1.807) is 38.1 Å². The first-order valence-electron chi connectivity index (χ1n) is 19.7. The molecule has 306 valence electrons. The normalized spacial score (nSPS) is 26.1. The molecule has 4 amide bonds. The van der Waals surface area contributed by atoms with Gasteiger partial charge in [-0.25, -0.2) is 13.4 Å². The van der Waals surface area contributed by atoms with Crippen LogP contribution in [0.3, 0.4) is 0 Å². The Kier molecular flexibility index (Phi) is 11.1. The number of phenolic OH excluding ortho intramolecular Hbond substituents is 1. The molecule has 16 heteroatoms. The zero-order valence-electron chi connectivity index (χ0n) is 32.9. The molecular formula is C41H51N5O9S2. The second-order valence-electron chi connectivity index (χ2n) is 16.4. The Morgan fingerprint density at radius 2 is 1.88 bits per heavy atom. The highest BCUT2D eigenvalue weighted by atomic mass is 32.2. The van der Waals surface area contributed by atoms with Crippen LogP contribution in [0.15, 0.2) is 42.5 Å². The number of ether oxygens (including phenoxy) is 2. The number of carbonyl (C=O) groups excluding carboxylic acids is 4. The van der Waals surface area contributed by atoms with E-state index in [-0.39, 0.29) is 43.0 Å². The van der Waals surface area contributed by atoms with Crippen LogP contribution in [0.4, 0.5) is 0 Å². The molecule has 2 saturated carbocycles. The monoisotopic (exact) mass is 821 g/mol. The number of allylic oxidation sites excluding steroid dienone is 1. The van der Waals surface area contributed by atoms with Crippen LogP contribution in [0.5, 0.6) is 17.4 Å². The van der Waals surface area contributed by atoms with Crippen LogP contribution < -0.4 is 24.8 Å². The number of aromatic hydroxyl groups is 1. The lowest BCUT2D eigenvalue weighted by Crippen LogP contribution is -2.58. The van der Waals surface area contributed by atoms with Gasteiger partial charge in [0.25, 0.3) is 11.8 Å². The van der Waals surface area contributed by atoms with Crippen LogP contribution in [0.2, 0.25) is 0 Å². The van der Waals surface area contributed by atoms with Gasteiger partial charge in [-0.15, -0.1) is 11.3 Å². The van der Waals surface area contributed by atoms with Crippen LogP contribution >= 0.6 is 11.3 Å². The maximum atomic E-state index is 14.7. The number of nitrogens with one attached hydrogen (secondary N) is 3. The van der Waals surface area contributed by atoms with Gasteiger partial charge in [-0.2, -0.15) is 0 Å². The van der Waals surface area contributed by atoms with Crippen molar-refractivity contribution < 1.29 is 42.2 Å². The SMILES string of the molecule is Cc1ccc(C(=O)N[C@H]2CCCCCC=C[C@@H]3C[C@@]3(C(=O)NS(=O)(=O)C3(C)CC3)NC(=O)[C@@H]3C[C@@H](Oc4cc(OC(C)C)nc5c(C)c(O)ccc45)CN3C2=O)s1. The summed E-state index contributed by atoms with van der Waals surface area (Å²) in [5.41, 5.74) is -0.546. The maximum absolute atomic E-state index is 14.7. The number of rotatable bonds is 9. The molecule has 0 spiro atoms. The van der Waals surface area contributed by atoms with Gasteiger partial charge < -0.3 is 30.1 Å². The fraction of sp³-hybridized carbons (Fsp3) is 0.537. The Hall–Kier alpha value is -4.70. The predicted octanol–water partition coefficient (Wildman–Crippen LogP) is 4.95. The van der Waals surface area contributed by atoms with E-state index in [0.717, 1.165) is 17.7 Å². The maximum Gasteiger partial charge on any atom is 0.262 e. The Morgan fingerprint density at radius 3 is 2.58 bits per heavy atom. The summed E-state index contributed by atoms with van der Waals surface area (Å²) in [5, 5.41) is 16.9. The highest BCUT2D eigenvalue weighted by molar-refractivity contribution is 7.91. The van der Waals surface area contributed by atoms with Crippen molar-refractivity contribution in [2.75, 3.05) is 6.54 Å². The van der Waals surface area contributed by atoms with Crippen LogP contribution in [0, 0.1) is 19.8 Å². The van der Waals surface area contributed by atoms with Crippen molar-refractivity contribution in [1.82, 2.24) is 25.2 Å². The van der Waals surface area contributed by atoms with Gasteiger partial charge >= 0.3 is 0 Å². The van der Waals surface area contributed by atoms with Crippen LogP contribution in [-0.4, -0.2) is 88.2 Å². The largest absolute Gasteiger partial charge is 0.508 e. The quantitative estimate of drug-likeness (QED) is 0.215. The highest BCUT2D eigenvalue weighted by Crippen LogP contribution is 2.47. The van der Waals surface area contributed by atoms with Crippen molar-refractivity contribution in [3.63, 3.8) is 0 Å². The number of aromatic nitrogens is 1. The number of nitrogens with zero attached hydrogens (tertiary/aromatic N) is 2. The Morgan fingerprint density at radius 1 is 1.11 bits per heavy atom. The average Bonchev–Trinajstić information content (AvgIpc) is 3.95. The van der Waals surface area contributed by atoms with Crippen molar-refractivity contribution >= 4 is 55.9 Å². The molecule has 3 fully saturated rings. The van der Waals surface area contributed by atoms with Crippen molar-refractivity contribution in [1.29, 1.82) is 0 Å². The van der Waals surface area contributed by atoms with Crippen molar-refractivity contribution in [3.8, 4) is 17.4 Å². The summed E-state index contributed by atoms with van der Waals surface area (Å²) in [7, 11) is -4.00. The summed E-state index contributed by atoms with van der Waals surface area (Å²) in [5.74, 6) is -2.04. The first-order valence-corrected chi connectivity index (χ1v) is 22.0. The number of benzene rings is 1. The third-order valence-electron chi connectivity index (χ3n) is 11.5. The average molecular weight is 822 g/mol. The minimum absolute atomic E-state index is 0.0260. The molecule has 2 aliphatic carbocycles. The fourth-order valence-electron chi connectivity index (χ4n) is 7.68. The van der Waals surface area contributed by atoms with Crippen LogP contribution in [-0.2, 0) is 24.4 Å². The first-order chi connectivity index (χ1) is 27.0. The number of sulfonamides is 1. The van der Waals surface area contributed by atoms with E-state index in [0.29, 0.717) is 59.2 Å². The molecule has 1 saturated heterocycles. The second kappa shape index (κ2) is 15.6. The molecule has 7 rings (SSSR count). The van der Waals surface area contributed by atoms with E-state index in [9.17, 15) is 32.7 Å². The summed E-state index contributed by atoms with van der Waals surface area (Å²) < 4.78 is 40.2. The summed E-state index contributed by atoms with van der Waals surface area (Å²) in [6.45, 7) is 8.90. The van der Waals surface area contributed by atoms with Crippen molar-refractivity contribution in [3.05, 3.63) is 57.8 Å². The van der Waals surface area contributed by atoms with E-state index < -0.39 is 62.1 Å². The molecule has 4 N–H and O–H groups in total. The van der Waals surface area contributed by atoms with Gasteiger partial charge in [0, 0.05) is 34.2 Å². The molecule has 14 nitrogen and oxygen atoms in total. The summed E-state index contributed by atoms with van der Waals surface area (Å²) in [6, 6.07) is 6.34. The minimum Gasteiger partial charge on any atom is -0.508 e. The van der Waals surface area contributed by atoms with Gasteiger partial charge in [-0.1, -0.05) is 25.0 Å². The number of aryl methyl sites for hydroxylation is 2. The van der Waals surface area contributed by atoms with Crippen molar-refractivity contribution in [2.45, 2.75) is 127 Å². The second-order valence-corrected chi connectivity index (χ2v) is 19.9. The van der Waals surface area contributed by atoms with Gasteiger partial charge in [0.15, 0.2) is 0 Å². The van der Waals surface area contributed by atoms with Gasteiger partial charge in [0.1, 0.15) is 35.2 Å². The van der Waals surface area contributed by atoms with E-state index in [1.165, 1.54) is 16.2 Å². The zero-order valence-corrected chi connectivity index (χ0v) is 34.6. The lowest BCUT2D eigenvalue weighted by Gasteiger charge is -2.30. The van der Waals surface area contributed by atoms with Gasteiger partial charge in [0.05, 0.1) is 27.8 Å². The number of amides is 4. The Bertz CT molecular complexity index is 2230. The first kappa shape index (κ1) is 40.5. The smallest absolute Gasteiger partial charge is 0.262 e. The molecule has 4 heterocycles. The van der Waals surface area contributed by atoms with E-state index in [2.05, 4.69) is 20.3 Å². The van der Waals surface area contributed by atoms with Crippen molar-refractivity contribution in [2.24, 2.45) is 5.92 Å². The number of pyridine rings is 1. The lowest BCUT2D eigenvalue weighted by atomic mass is 10.0. The number of carbonyl (C=O) groups is 4. The van der Waals surface area contributed by atoms with Gasteiger partial charge in [-0.05, 0) is 97.4 Å². The van der Waals surface area contributed by atoms with E-state index in [4.69, 9.17) is 9.47 Å². The zero-order chi connectivity index (χ0) is 40.9. The number of fused-ring (bicyclic) bond motifs is 3. The van der Waals surface area contributed by atoms with Crippen LogP contribution in [0.1, 0.15) is 98.7 Å². The molecule has 5 atom stereocenters. The Labute approximate surface area is 336 Å². The van der Waals surface area contributed by atoms with Gasteiger partial charge in [-0.3, -0.25) is 23.9 Å². The third kappa shape index (κ3) is 8.34. The molecule has 0 bridgehead atoms. The molecule has 2 aliphatic heterocycles. The van der Waals surface area contributed by atoms with E-state index >= 15 is 0 Å². The molecule has 4 aliphatic rings.